The Morgan fingerprint density at radius 3 is 2.47 bits per heavy atom. The minimum absolute atomic E-state index is 0.0114. The average molecular weight is 272 g/mol. The first kappa shape index (κ1) is 15.9. The molecule has 1 fully saturated rings. The number of hydrogen-bond donors (Lipinski definition) is 1. The van der Waals surface area contributed by atoms with E-state index in [2.05, 4.69) is 0 Å². The zero-order valence-corrected chi connectivity index (χ0v) is 12.0. The highest BCUT2D eigenvalue weighted by Crippen LogP contribution is 2.21. The minimum Gasteiger partial charge on any atom is -0.481 e. The van der Waals surface area contributed by atoms with Gasteiger partial charge >= 0.3 is 5.97 Å². The molecule has 0 spiro atoms. The minimum atomic E-state index is -0.885. The molecule has 110 valence electrons. The summed E-state index contributed by atoms with van der Waals surface area (Å²) < 4.78 is 5.25. The van der Waals surface area contributed by atoms with Crippen LogP contribution in [0.15, 0.2) is 0 Å². The molecule has 19 heavy (non-hydrogen) atoms. The van der Waals surface area contributed by atoms with Crippen LogP contribution in [0.1, 0.15) is 19.8 Å². The van der Waals surface area contributed by atoms with E-state index in [1.165, 1.54) is 0 Å². The largest absolute Gasteiger partial charge is 0.481 e. The van der Waals surface area contributed by atoms with Gasteiger partial charge in [-0.3, -0.25) is 9.59 Å². The summed E-state index contributed by atoms with van der Waals surface area (Å²) in [7, 11) is 3.83. The van der Waals surface area contributed by atoms with Gasteiger partial charge in [0.2, 0.25) is 5.91 Å². The summed E-state index contributed by atoms with van der Waals surface area (Å²) in [6, 6.07) is -0.327. The van der Waals surface area contributed by atoms with Crippen molar-refractivity contribution < 1.29 is 19.4 Å². The Labute approximate surface area is 114 Å². The Balaban J connectivity index is 2.70. The van der Waals surface area contributed by atoms with Crippen molar-refractivity contribution in [1.82, 2.24) is 9.80 Å². The maximum Gasteiger partial charge on any atom is 0.311 e. The van der Waals surface area contributed by atoms with Gasteiger partial charge in [0.25, 0.3) is 0 Å². The van der Waals surface area contributed by atoms with Crippen molar-refractivity contribution in [2.45, 2.75) is 25.8 Å². The van der Waals surface area contributed by atoms with Crippen molar-refractivity contribution in [2.24, 2.45) is 5.92 Å². The van der Waals surface area contributed by atoms with E-state index in [4.69, 9.17) is 4.74 Å². The smallest absolute Gasteiger partial charge is 0.311 e. The molecule has 0 radical (unpaired) electrons. The van der Waals surface area contributed by atoms with E-state index in [1.54, 1.807) is 4.90 Å². The molecule has 1 aliphatic rings. The van der Waals surface area contributed by atoms with Crippen LogP contribution >= 0.6 is 0 Å². The highest BCUT2D eigenvalue weighted by Gasteiger charge is 2.39. The van der Waals surface area contributed by atoms with Crippen LogP contribution in [0.2, 0.25) is 0 Å². The van der Waals surface area contributed by atoms with Crippen LogP contribution in [0.25, 0.3) is 0 Å². The molecule has 1 amide bonds. The third-order valence-electron chi connectivity index (χ3n) is 3.33. The second kappa shape index (κ2) is 7.45. The Hall–Kier alpha value is -1.14. The summed E-state index contributed by atoms with van der Waals surface area (Å²) in [5, 5.41) is 9.17. The Bertz CT molecular complexity index is 320. The molecule has 2 unspecified atom stereocenters. The molecule has 2 atom stereocenters. The first-order valence-electron chi connectivity index (χ1n) is 6.72. The van der Waals surface area contributed by atoms with Crippen molar-refractivity contribution >= 4 is 11.9 Å². The van der Waals surface area contributed by atoms with Crippen LogP contribution in [-0.4, -0.2) is 73.2 Å². The molecule has 0 saturated carbocycles. The van der Waals surface area contributed by atoms with Gasteiger partial charge in [0.1, 0.15) is 5.92 Å². The molecule has 1 heterocycles. The van der Waals surface area contributed by atoms with Gasteiger partial charge in [-0.05, 0) is 20.5 Å². The number of carboxylic acid groups (broad SMARTS) is 1. The number of carboxylic acids is 1. The van der Waals surface area contributed by atoms with Crippen molar-refractivity contribution in [1.29, 1.82) is 0 Å². The fourth-order valence-corrected chi connectivity index (χ4v) is 2.27. The molecular formula is C13H24N2O4. The summed E-state index contributed by atoms with van der Waals surface area (Å²) in [6.45, 7) is 3.76. The van der Waals surface area contributed by atoms with Crippen LogP contribution in [0.5, 0.6) is 0 Å². The SMILES string of the molecule is CCCN(C(=O)CCN(C)C)C1COCC1C(=O)O. The van der Waals surface area contributed by atoms with Gasteiger partial charge in [-0.15, -0.1) is 0 Å². The molecule has 0 bridgehead atoms. The van der Waals surface area contributed by atoms with Gasteiger partial charge < -0.3 is 19.6 Å². The molecule has 0 aromatic rings. The number of nitrogens with zero attached hydrogens (tertiary/aromatic N) is 2. The standard InChI is InChI=1S/C13H24N2O4/c1-4-6-15(12(16)5-7-14(2)3)11-9-19-8-10(11)13(17)18/h10-11H,4-9H2,1-3H3,(H,17,18). The van der Waals surface area contributed by atoms with Gasteiger partial charge in [-0.2, -0.15) is 0 Å². The number of amides is 1. The van der Waals surface area contributed by atoms with E-state index < -0.39 is 11.9 Å². The fourth-order valence-electron chi connectivity index (χ4n) is 2.27. The first-order valence-corrected chi connectivity index (χ1v) is 6.72. The highest BCUT2D eigenvalue weighted by molar-refractivity contribution is 5.78. The summed E-state index contributed by atoms with van der Waals surface area (Å²) in [5.74, 6) is -1.48. The first-order chi connectivity index (χ1) is 8.97. The molecule has 1 saturated heterocycles. The van der Waals surface area contributed by atoms with Gasteiger partial charge in [0.15, 0.2) is 0 Å². The topological polar surface area (TPSA) is 70.1 Å². The monoisotopic (exact) mass is 272 g/mol. The lowest BCUT2D eigenvalue weighted by molar-refractivity contribution is -0.145. The quantitative estimate of drug-likeness (QED) is 0.720. The second-order valence-electron chi connectivity index (χ2n) is 5.19. The predicted molar refractivity (Wildman–Crippen MR) is 70.9 cm³/mol. The Morgan fingerprint density at radius 1 is 1.26 bits per heavy atom. The molecule has 6 heteroatoms. The molecular weight excluding hydrogens is 248 g/mol. The van der Waals surface area contributed by atoms with E-state index in [1.807, 2.05) is 25.9 Å². The molecule has 0 aliphatic carbocycles. The number of rotatable bonds is 7. The average Bonchev–Trinajstić information content (AvgIpc) is 2.81. The third kappa shape index (κ3) is 4.47. The lowest BCUT2D eigenvalue weighted by Gasteiger charge is -2.30. The van der Waals surface area contributed by atoms with E-state index in [9.17, 15) is 14.7 Å². The zero-order chi connectivity index (χ0) is 14.4. The van der Waals surface area contributed by atoms with Crippen LogP contribution in [-0.2, 0) is 14.3 Å². The van der Waals surface area contributed by atoms with Crippen LogP contribution in [0.4, 0.5) is 0 Å². The van der Waals surface area contributed by atoms with Crippen molar-refractivity contribution in [2.75, 3.05) is 40.4 Å². The highest BCUT2D eigenvalue weighted by atomic mass is 16.5. The number of aliphatic carboxylic acids is 1. The molecule has 1 rings (SSSR count). The Kier molecular flexibility index (Phi) is 6.24. The maximum absolute atomic E-state index is 12.2. The van der Waals surface area contributed by atoms with Crippen molar-refractivity contribution in [3.8, 4) is 0 Å². The van der Waals surface area contributed by atoms with E-state index in [0.717, 1.165) is 6.42 Å². The zero-order valence-electron chi connectivity index (χ0n) is 12.0. The maximum atomic E-state index is 12.2. The molecule has 1 N–H and O–H groups in total. The second-order valence-corrected chi connectivity index (χ2v) is 5.19. The predicted octanol–water partition coefficient (Wildman–Crippen LogP) is 0.276. The van der Waals surface area contributed by atoms with E-state index >= 15 is 0 Å². The van der Waals surface area contributed by atoms with Gasteiger partial charge in [-0.1, -0.05) is 6.92 Å². The number of ether oxygens (including phenoxy) is 1. The van der Waals surface area contributed by atoms with Gasteiger partial charge in [0.05, 0.1) is 19.3 Å². The Morgan fingerprint density at radius 2 is 1.95 bits per heavy atom. The summed E-state index contributed by atoms with van der Waals surface area (Å²) in [4.78, 5) is 27.1. The van der Waals surface area contributed by atoms with Crippen LogP contribution in [0.3, 0.4) is 0 Å². The normalized spacial score (nSPS) is 22.7. The summed E-state index contributed by atoms with van der Waals surface area (Å²) >= 11 is 0. The van der Waals surface area contributed by atoms with Crippen molar-refractivity contribution in [3.63, 3.8) is 0 Å². The summed E-state index contributed by atoms with van der Waals surface area (Å²) in [6.07, 6.45) is 1.23. The van der Waals surface area contributed by atoms with E-state index in [-0.39, 0.29) is 18.6 Å². The fraction of sp³-hybridized carbons (Fsp3) is 0.846. The van der Waals surface area contributed by atoms with Crippen molar-refractivity contribution in [3.05, 3.63) is 0 Å². The molecule has 1 aliphatic heterocycles. The summed E-state index contributed by atoms with van der Waals surface area (Å²) in [5.41, 5.74) is 0. The third-order valence-corrected chi connectivity index (χ3v) is 3.33. The van der Waals surface area contributed by atoms with Gasteiger partial charge in [0, 0.05) is 19.5 Å². The van der Waals surface area contributed by atoms with E-state index in [0.29, 0.717) is 26.1 Å². The van der Waals surface area contributed by atoms with Crippen LogP contribution < -0.4 is 0 Å². The number of carbonyl (C=O) groups excluding carboxylic acids is 1. The number of carbonyl (C=O) groups is 2. The molecule has 6 nitrogen and oxygen atoms in total. The lowest BCUT2D eigenvalue weighted by atomic mass is 10.0. The van der Waals surface area contributed by atoms with Crippen LogP contribution in [0, 0.1) is 5.92 Å². The number of hydrogen-bond acceptors (Lipinski definition) is 4. The van der Waals surface area contributed by atoms with Gasteiger partial charge in [-0.25, -0.2) is 0 Å². The molecule has 0 aromatic heterocycles. The molecule has 0 aromatic carbocycles. The lowest BCUT2D eigenvalue weighted by Crippen LogP contribution is -2.47.